The van der Waals surface area contributed by atoms with Crippen LogP contribution in [0.2, 0.25) is 0 Å². The number of benzene rings is 1. The highest BCUT2D eigenvalue weighted by molar-refractivity contribution is 6.16. The predicted octanol–water partition coefficient (Wildman–Crippen LogP) is 1.86. The molecule has 96 valence electrons. The maximum atomic E-state index is 12.1. The summed E-state index contributed by atoms with van der Waals surface area (Å²) in [6.07, 6.45) is 0.726. The number of aliphatic hydroxyl groups excluding tert-OH is 1. The van der Waals surface area contributed by atoms with E-state index in [0.717, 1.165) is 0 Å². The normalized spacial score (nSPS) is 19.2. The van der Waals surface area contributed by atoms with Crippen molar-refractivity contribution in [1.82, 2.24) is 0 Å². The van der Waals surface area contributed by atoms with Gasteiger partial charge in [-0.15, -0.1) is 0 Å². The molecule has 0 aromatic heterocycles. The van der Waals surface area contributed by atoms with Gasteiger partial charge in [0, 0.05) is 12.8 Å². The summed E-state index contributed by atoms with van der Waals surface area (Å²) in [5, 5.41) is 9.09. The molecule has 2 amide bonds. The summed E-state index contributed by atoms with van der Waals surface area (Å²) >= 11 is 0. The lowest BCUT2D eigenvalue weighted by Gasteiger charge is -2.34. The summed E-state index contributed by atoms with van der Waals surface area (Å²) in [5.41, 5.74) is 0.976. The van der Waals surface area contributed by atoms with Gasteiger partial charge in [-0.05, 0) is 23.1 Å². The molecule has 1 aromatic carbocycles. The zero-order chi connectivity index (χ0) is 13.3. The molecule has 1 aromatic rings. The largest absolute Gasteiger partial charge is 0.392 e. The highest BCUT2D eigenvalue weighted by Gasteiger charge is 2.38. The number of rotatable bonds is 2. The van der Waals surface area contributed by atoms with Crippen molar-refractivity contribution in [3.63, 3.8) is 0 Å². The van der Waals surface area contributed by atoms with Crippen LogP contribution in [0.25, 0.3) is 0 Å². The van der Waals surface area contributed by atoms with Crippen molar-refractivity contribution < 1.29 is 14.7 Å². The zero-order valence-electron chi connectivity index (χ0n) is 10.6. The van der Waals surface area contributed by atoms with Crippen LogP contribution < -0.4 is 4.90 Å². The molecule has 2 rings (SSSR count). The smallest absolute Gasteiger partial charge is 0.234 e. The molecule has 0 aliphatic carbocycles. The van der Waals surface area contributed by atoms with Gasteiger partial charge in [0.2, 0.25) is 11.8 Å². The van der Waals surface area contributed by atoms with E-state index in [1.807, 2.05) is 13.8 Å². The molecule has 1 heterocycles. The molecule has 0 radical (unpaired) electrons. The van der Waals surface area contributed by atoms with Crippen molar-refractivity contribution in [2.45, 2.75) is 33.3 Å². The minimum absolute atomic E-state index is 0.102. The number of carbonyl (C=O) groups is 2. The molecule has 1 N–H and O–H groups in total. The van der Waals surface area contributed by atoms with E-state index in [1.165, 1.54) is 4.90 Å². The molecule has 0 bridgehead atoms. The third kappa shape index (κ3) is 2.43. The standard InChI is InChI=1S/C14H17NO3/c1-14(2)7-12(17)15(13(18)8-14)11-5-3-4-10(6-11)9-16/h3-6,16H,7-9H2,1-2H3. The average molecular weight is 247 g/mol. The summed E-state index contributed by atoms with van der Waals surface area (Å²) in [4.78, 5) is 25.4. The van der Waals surface area contributed by atoms with Crippen LogP contribution in [0, 0.1) is 5.41 Å². The van der Waals surface area contributed by atoms with Crippen LogP contribution in [0.15, 0.2) is 24.3 Å². The van der Waals surface area contributed by atoms with E-state index >= 15 is 0 Å². The second-order valence-electron chi connectivity index (χ2n) is 5.47. The van der Waals surface area contributed by atoms with Gasteiger partial charge in [-0.25, -0.2) is 0 Å². The molecule has 0 spiro atoms. The topological polar surface area (TPSA) is 57.6 Å². The number of imide groups is 1. The van der Waals surface area contributed by atoms with E-state index in [4.69, 9.17) is 5.11 Å². The van der Waals surface area contributed by atoms with Gasteiger partial charge in [0.1, 0.15) is 0 Å². The van der Waals surface area contributed by atoms with Crippen LogP contribution in [0.4, 0.5) is 5.69 Å². The van der Waals surface area contributed by atoms with Gasteiger partial charge >= 0.3 is 0 Å². The lowest BCUT2D eigenvalue weighted by molar-refractivity contribution is -0.132. The summed E-state index contributed by atoms with van der Waals surface area (Å²) < 4.78 is 0. The molecular weight excluding hydrogens is 230 g/mol. The Labute approximate surface area is 106 Å². The Bertz CT molecular complexity index is 474. The molecule has 4 heteroatoms. The summed E-state index contributed by atoms with van der Waals surface area (Å²) in [5.74, 6) is -0.349. The molecule has 0 saturated carbocycles. The van der Waals surface area contributed by atoms with Crippen LogP contribution in [0.1, 0.15) is 32.3 Å². The number of amides is 2. The Hall–Kier alpha value is -1.68. The van der Waals surface area contributed by atoms with E-state index < -0.39 is 0 Å². The summed E-state index contributed by atoms with van der Waals surface area (Å²) in [6.45, 7) is 3.74. The number of anilines is 1. The Morgan fingerprint density at radius 3 is 2.39 bits per heavy atom. The third-order valence-corrected chi connectivity index (χ3v) is 3.11. The first-order valence-corrected chi connectivity index (χ1v) is 5.98. The zero-order valence-corrected chi connectivity index (χ0v) is 10.6. The maximum absolute atomic E-state index is 12.1. The molecule has 1 aliphatic rings. The lowest BCUT2D eigenvalue weighted by atomic mass is 9.81. The van der Waals surface area contributed by atoms with Crippen molar-refractivity contribution >= 4 is 17.5 Å². The minimum Gasteiger partial charge on any atom is -0.392 e. The van der Waals surface area contributed by atoms with Gasteiger partial charge in [-0.3, -0.25) is 14.5 Å². The highest BCUT2D eigenvalue weighted by Crippen LogP contribution is 2.34. The second-order valence-corrected chi connectivity index (χ2v) is 5.47. The first-order valence-electron chi connectivity index (χ1n) is 5.98. The Morgan fingerprint density at radius 1 is 1.22 bits per heavy atom. The molecule has 1 aliphatic heterocycles. The molecular formula is C14H17NO3. The Kier molecular flexibility index (Phi) is 3.22. The average Bonchev–Trinajstić information content (AvgIpc) is 2.26. The van der Waals surface area contributed by atoms with E-state index in [2.05, 4.69) is 0 Å². The first kappa shape index (κ1) is 12.8. The van der Waals surface area contributed by atoms with E-state index in [1.54, 1.807) is 24.3 Å². The van der Waals surface area contributed by atoms with Crippen molar-refractivity contribution in [3.8, 4) is 0 Å². The number of nitrogens with zero attached hydrogens (tertiary/aromatic N) is 1. The lowest BCUT2D eigenvalue weighted by Crippen LogP contribution is -2.46. The summed E-state index contributed by atoms with van der Waals surface area (Å²) in [7, 11) is 0. The maximum Gasteiger partial charge on any atom is 0.234 e. The second kappa shape index (κ2) is 4.53. The fraction of sp³-hybridized carbons (Fsp3) is 0.429. The van der Waals surface area contributed by atoms with Crippen LogP contribution in [-0.4, -0.2) is 16.9 Å². The van der Waals surface area contributed by atoms with E-state index in [0.29, 0.717) is 24.1 Å². The fourth-order valence-electron chi connectivity index (χ4n) is 2.26. The monoisotopic (exact) mass is 247 g/mol. The Morgan fingerprint density at radius 2 is 1.83 bits per heavy atom. The molecule has 0 atom stereocenters. The Balaban J connectivity index is 2.32. The van der Waals surface area contributed by atoms with Gasteiger partial charge in [0.25, 0.3) is 0 Å². The van der Waals surface area contributed by atoms with Gasteiger partial charge in [0.15, 0.2) is 0 Å². The fourth-order valence-corrected chi connectivity index (χ4v) is 2.26. The minimum atomic E-state index is -0.265. The van der Waals surface area contributed by atoms with Gasteiger partial charge < -0.3 is 5.11 Å². The van der Waals surface area contributed by atoms with Crippen molar-refractivity contribution in [2.75, 3.05) is 4.90 Å². The number of aliphatic hydroxyl groups is 1. The first-order chi connectivity index (χ1) is 8.43. The molecule has 4 nitrogen and oxygen atoms in total. The SMILES string of the molecule is CC1(C)CC(=O)N(c2cccc(CO)c2)C(=O)C1. The molecule has 1 saturated heterocycles. The number of hydrogen-bond donors (Lipinski definition) is 1. The van der Waals surface area contributed by atoms with Crippen molar-refractivity contribution in [3.05, 3.63) is 29.8 Å². The van der Waals surface area contributed by atoms with Gasteiger partial charge in [-0.1, -0.05) is 26.0 Å². The van der Waals surface area contributed by atoms with Crippen LogP contribution in [0.5, 0.6) is 0 Å². The highest BCUT2D eigenvalue weighted by atomic mass is 16.3. The summed E-state index contributed by atoms with van der Waals surface area (Å²) in [6, 6.07) is 6.88. The van der Waals surface area contributed by atoms with Gasteiger partial charge in [0.05, 0.1) is 12.3 Å². The molecule has 18 heavy (non-hydrogen) atoms. The van der Waals surface area contributed by atoms with Crippen LogP contribution in [0.3, 0.4) is 0 Å². The van der Waals surface area contributed by atoms with E-state index in [-0.39, 0.29) is 23.8 Å². The number of hydrogen-bond acceptors (Lipinski definition) is 3. The molecule has 1 fully saturated rings. The van der Waals surface area contributed by atoms with Crippen molar-refractivity contribution in [1.29, 1.82) is 0 Å². The third-order valence-electron chi connectivity index (χ3n) is 3.11. The predicted molar refractivity (Wildman–Crippen MR) is 67.9 cm³/mol. The van der Waals surface area contributed by atoms with E-state index in [9.17, 15) is 9.59 Å². The number of carbonyl (C=O) groups excluding carboxylic acids is 2. The van der Waals surface area contributed by atoms with Crippen LogP contribution >= 0.6 is 0 Å². The quantitative estimate of drug-likeness (QED) is 0.811. The number of piperidine rings is 1. The molecule has 0 unspecified atom stereocenters. The van der Waals surface area contributed by atoms with Crippen molar-refractivity contribution in [2.24, 2.45) is 5.41 Å². The van der Waals surface area contributed by atoms with Gasteiger partial charge in [-0.2, -0.15) is 0 Å². The van der Waals surface area contributed by atoms with Crippen LogP contribution in [-0.2, 0) is 16.2 Å².